The Morgan fingerprint density at radius 3 is 1.96 bits per heavy atom. The summed E-state index contributed by atoms with van der Waals surface area (Å²) in [4.78, 5) is 127. The summed E-state index contributed by atoms with van der Waals surface area (Å²) in [6, 6.07) is 10.8. The number of hydrogen-bond acceptors (Lipinski definition) is 13. The van der Waals surface area contributed by atoms with Crippen LogP contribution in [-0.2, 0) is 54.3 Å². The van der Waals surface area contributed by atoms with Gasteiger partial charge in [0.15, 0.2) is 6.04 Å². The van der Waals surface area contributed by atoms with Crippen LogP contribution in [-0.4, -0.2) is 136 Å². The van der Waals surface area contributed by atoms with Crippen molar-refractivity contribution < 1.29 is 63.2 Å². The Labute approximate surface area is 435 Å². The van der Waals surface area contributed by atoms with Gasteiger partial charge in [-0.3, -0.25) is 38.4 Å². The summed E-state index contributed by atoms with van der Waals surface area (Å²) in [5.41, 5.74) is 7.28. The van der Waals surface area contributed by atoms with E-state index >= 15 is 0 Å². The van der Waals surface area contributed by atoms with E-state index in [-0.39, 0.29) is 30.1 Å². The number of carbonyl (C=O) groups excluding carboxylic acids is 9. The van der Waals surface area contributed by atoms with Gasteiger partial charge in [0.25, 0.3) is 11.8 Å². The molecule has 1 heterocycles. The maximum atomic E-state index is 14.9. The molecule has 75 heavy (non-hydrogen) atoms. The third-order valence-electron chi connectivity index (χ3n) is 11.7. The van der Waals surface area contributed by atoms with Crippen LogP contribution in [0.2, 0.25) is 0 Å². The minimum atomic E-state index is -1.94. The van der Waals surface area contributed by atoms with Crippen molar-refractivity contribution in [3.05, 3.63) is 119 Å². The number of aliphatic hydroxyl groups excluding tert-OH is 2. The number of aliphatic hydroxyl groups is 2. The first-order valence-corrected chi connectivity index (χ1v) is 24.5. The zero-order valence-electron chi connectivity index (χ0n) is 42.8. The molecule has 1 fully saturated rings. The molecule has 0 aromatic heterocycles. The van der Waals surface area contributed by atoms with E-state index in [1.165, 1.54) is 50.4 Å². The number of rotatable bonds is 15. The van der Waals surface area contributed by atoms with Gasteiger partial charge in [-0.05, 0) is 79.1 Å². The molecule has 1 aliphatic rings. The van der Waals surface area contributed by atoms with Crippen molar-refractivity contribution >= 4 is 71.5 Å². The predicted molar refractivity (Wildman–Crippen MR) is 278 cm³/mol. The first-order valence-electron chi connectivity index (χ1n) is 24.5. The van der Waals surface area contributed by atoms with Crippen LogP contribution in [0.25, 0.3) is 18.2 Å². The number of nitrogens with two attached hydrogens (primary N) is 1. The SMILES string of the molecule is CCC/C=C/c1ccccc1/C=C/C(=O)NC1C(=O)N(C)/C(=C\c2ccc(O)cc2)C(=O)NC(CC(C)C)C(=O)NC(Cc2ccccc2)C(=O)NC(C(C)O)C(=O)NC(CC(N)=O)C(=O)NC(CO)C(=O)OC1C. The summed E-state index contributed by atoms with van der Waals surface area (Å²) >= 11 is 0. The largest absolute Gasteiger partial charge is 0.508 e. The number of hydrogen-bond donors (Lipinski definition) is 10. The number of nitrogens with zero attached hydrogens (tertiary/aromatic N) is 1. The number of esters is 1. The van der Waals surface area contributed by atoms with Crippen LogP contribution in [0.4, 0.5) is 0 Å². The highest BCUT2D eigenvalue weighted by Crippen LogP contribution is 2.19. The average Bonchev–Trinajstić information content (AvgIpc) is 3.36. The minimum absolute atomic E-state index is 0.0228. The second kappa shape index (κ2) is 28.9. The standard InChI is InChI=1S/C54H68N8O13/c1-7-8-10-17-36-18-13-14-19-37(36)22-25-45(67)60-47-33(5)75-54(74)42(30-63)59-49(69)41(29-44(55)66)58-52(72)46(32(4)64)61-50(70)40(27-34-15-11-9-12-16-34)56-48(68)39(26-31(2)3)57-51(71)43(62(6)53(47)73)28-35-20-23-38(65)24-21-35/h9-25,28,31-33,39-42,46-47,63-65H,7-8,26-27,29-30H2,1-6H3,(H2,55,66)(H,56,68)(H,57,71)(H,58,72)(H,59,69)(H,60,67)(H,61,70)/b17-10+,25-22+,43-28-. The number of cyclic esters (lactones) is 1. The van der Waals surface area contributed by atoms with E-state index in [2.05, 4.69) is 31.9 Å². The van der Waals surface area contributed by atoms with Crippen molar-refractivity contribution in [2.24, 2.45) is 11.7 Å². The Hall–Kier alpha value is -8.17. The number of allylic oxidation sites excluding steroid dienone is 1. The lowest BCUT2D eigenvalue weighted by molar-refractivity contribution is -0.157. The highest BCUT2D eigenvalue weighted by Gasteiger charge is 2.39. The third-order valence-corrected chi connectivity index (χ3v) is 11.7. The maximum absolute atomic E-state index is 14.9. The zero-order chi connectivity index (χ0) is 55.4. The van der Waals surface area contributed by atoms with Crippen molar-refractivity contribution in [1.82, 2.24) is 36.8 Å². The number of likely N-dealkylation sites (N-methyl/N-ethyl adjacent to an activating group) is 1. The van der Waals surface area contributed by atoms with Crippen LogP contribution in [0.1, 0.15) is 82.6 Å². The lowest BCUT2D eigenvalue weighted by Crippen LogP contribution is -2.62. The predicted octanol–water partition coefficient (Wildman–Crippen LogP) is 1.11. The molecule has 1 aliphatic heterocycles. The summed E-state index contributed by atoms with van der Waals surface area (Å²) in [7, 11) is 1.19. The van der Waals surface area contributed by atoms with Crippen LogP contribution in [0, 0.1) is 5.92 Å². The van der Waals surface area contributed by atoms with E-state index in [0.29, 0.717) is 11.1 Å². The van der Waals surface area contributed by atoms with E-state index in [9.17, 15) is 58.5 Å². The summed E-state index contributed by atoms with van der Waals surface area (Å²) in [6.07, 6.45) is 5.12. The van der Waals surface area contributed by atoms with E-state index in [1.54, 1.807) is 56.3 Å². The minimum Gasteiger partial charge on any atom is -0.508 e. The molecule has 3 aromatic rings. The molecule has 0 saturated carbocycles. The molecule has 0 aliphatic carbocycles. The highest BCUT2D eigenvalue weighted by molar-refractivity contribution is 6.05. The smallest absolute Gasteiger partial charge is 0.331 e. The number of aromatic hydroxyl groups is 1. The molecule has 0 bridgehead atoms. The van der Waals surface area contributed by atoms with Gasteiger partial charge in [-0.15, -0.1) is 0 Å². The number of phenolic OH excluding ortho intramolecular Hbond substituents is 1. The van der Waals surface area contributed by atoms with E-state index < -0.39 is 120 Å². The number of unbranched alkanes of at least 4 members (excludes halogenated alkanes) is 1. The second-order valence-electron chi connectivity index (χ2n) is 18.4. The lowest BCUT2D eigenvalue weighted by atomic mass is 10.00. The normalized spacial score (nSPS) is 23.1. The van der Waals surface area contributed by atoms with Gasteiger partial charge in [-0.1, -0.05) is 106 Å². The molecular formula is C54H68N8O13. The quantitative estimate of drug-likeness (QED) is 0.0755. The highest BCUT2D eigenvalue weighted by atomic mass is 16.5. The van der Waals surface area contributed by atoms with E-state index in [4.69, 9.17) is 10.5 Å². The number of amides is 8. The Morgan fingerprint density at radius 1 is 0.773 bits per heavy atom. The molecular weight excluding hydrogens is 969 g/mol. The zero-order valence-corrected chi connectivity index (χ0v) is 42.8. The van der Waals surface area contributed by atoms with Crippen molar-refractivity contribution in [3.8, 4) is 5.75 Å². The molecule has 3 aromatic carbocycles. The topological polar surface area (TPSA) is 325 Å². The number of benzene rings is 3. The van der Waals surface area contributed by atoms with Crippen molar-refractivity contribution in [2.75, 3.05) is 13.7 Å². The van der Waals surface area contributed by atoms with Gasteiger partial charge in [0, 0.05) is 19.5 Å². The molecule has 21 heteroatoms. The molecule has 0 radical (unpaired) electrons. The molecule has 0 spiro atoms. The van der Waals surface area contributed by atoms with E-state index in [0.717, 1.165) is 36.3 Å². The number of carbonyl (C=O) groups is 9. The molecule has 402 valence electrons. The van der Waals surface area contributed by atoms with Gasteiger partial charge in [0.05, 0.1) is 19.1 Å². The van der Waals surface area contributed by atoms with Crippen molar-refractivity contribution in [1.29, 1.82) is 0 Å². The van der Waals surface area contributed by atoms with Gasteiger partial charge >= 0.3 is 5.97 Å². The fourth-order valence-corrected chi connectivity index (χ4v) is 7.69. The van der Waals surface area contributed by atoms with E-state index in [1.807, 2.05) is 31.2 Å². The first-order chi connectivity index (χ1) is 35.6. The van der Waals surface area contributed by atoms with Crippen LogP contribution in [0.5, 0.6) is 5.75 Å². The van der Waals surface area contributed by atoms with Crippen LogP contribution in [0.15, 0.2) is 96.7 Å². The molecule has 8 amide bonds. The monoisotopic (exact) mass is 1040 g/mol. The van der Waals surface area contributed by atoms with Crippen LogP contribution in [0.3, 0.4) is 0 Å². The Kier molecular flexibility index (Phi) is 22.9. The Bertz CT molecular complexity index is 2600. The number of nitrogens with one attached hydrogen (secondary N) is 6. The number of ether oxygens (including phenoxy) is 1. The Balaban J connectivity index is 1.91. The van der Waals surface area contributed by atoms with Crippen molar-refractivity contribution in [2.45, 2.75) is 115 Å². The van der Waals surface area contributed by atoms with Crippen molar-refractivity contribution in [3.63, 3.8) is 0 Å². The Morgan fingerprint density at radius 2 is 1.36 bits per heavy atom. The summed E-state index contributed by atoms with van der Waals surface area (Å²) in [5.74, 6) is -10.1. The lowest BCUT2D eigenvalue weighted by Gasteiger charge is -2.31. The second-order valence-corrected chi connectivity index (χ2v) is 18.4. The maximum Gasteiger partial charge on any atom is 0.331 e. The molecule has 8 unspecified atom stereocenters. The number of primary amides is 1. The van der Waals surface area contributed by atoms with Gasteiger partial charge in [0.1, 0.15) is 47.8 Å². The molecule has 21 nitrogen and oxygen atoms in total. The van der Waals surface area contributed by atoms with Crippen LogP contribution < -0.4 is 37.6 Å². The van der Waals surface area contributed by atoms with Crippen LogP contribution >= 0.6 is 0 Å². The molecule has 1 saturated heterocycles. The van der Waals surface area contributed by atoms with Gasteiger partial charge in [0.2, 0.25) is 35.4 Å². The molecule has 8 atom stereocenters. The number of phenols is 1. The molecule has 4 rings (SSSR count). The fraction of sp³-hybridized carbons (Fsp3) is 0.389. The third kappa shape index (κ3) is 18.4. The summed E-state index contributed by atoms with van der Waals surface area (Å²) < 4.78 is 5.63. The fourth-order valence-electron chi connectivity index (χ4n) is 7.69. The summed E-state index contributed by atoms with van der Waals surface area (Å²) in [5, 5.41) is 46.0. The van der Waals surface area contributed by atoms with Gasteiger partial charge in [-0.25, -0.2) is 4.79 Å². The average molecular weight is 1040 g/mol. The van der Waals surface area contributed by atoms with Gasteiger partial charge in [-0.2, -0.15) is 0 Å². The first kappa shape index (κ1) is 59.4. The molecule has 11 N–H and O–H groups in total. The van der Waals surface area contributed by atoms with Gasteiger partial charge < -0.3 is 62.6 Å². The summed E-state index contributed by atoms with van der Waals surface area (Å²) in [6.45, 7) is 6.80.